The van der Waals surface area contributed by atoms with Gasteiger partial charge in [0.15, 0.2) is 4.34 Å². The largest absolute Gasteiger partial charge is 0.355 e. The van der Waals surface area contributed by atoms with Crippen molar-refractivity contribution in [3.8, 4) is 0 Å². The van der Waals surface area contributed by atoms with Crippen LogP contribution in [0.5, 0.6) is 0 Å². The molecule has 0 fully saturated rings. The fraction of sp³-hybridized carbons (Fsp3) is 0.750. The third-order valence-corrected chi connectivity index (χ3v) is 4.02. The first-order chi connectivity index (χ1) is 8.08. The van der Waals surface area contributed by atoms with Crippen molar-refractivity contribution in [2.75, 3.05) is 11.1 Å². The number of hydrogen-bond acceptors (Lipinski definition) is 6. The van der Waals surface area contributed by atoms with E-state index in [1.54, 1.807) is 0 Å². The minimum absolute atomic E-state index is 0.0251. The summed E-state index contributed by atoms with van der Waals surface area (Å²) in [5.41, 5.74) is -0.313. The lowest BCUT2D eigenvalue weighted by atomic mass is 9.92. The molecule has 0 amide bonds. The third-order valence-electron chi connectivity index (χ3n) is 2.05. The van der Waals surface area contributed by atoms with Gasteiger partial charge in [0.25, 0.3) is 0 Å². The summed E-state index contributed by atoms with van der Waals surface area (Å²) in [4.78, 5) is 11.8. The van der Waals surface area contributed by atoms with Gasteiger partial charge in [0.05, 0.1) is 5.75 Å². The predicted octanol–water partition coefficient (Wildman–Crippen LogP) is 3.46. The summed E-state index contributed by atoms with van der Waals surface area (Å²) in [6.45, 7) is 12.0. The minimum atomic E-state index is -0.288. The number of aromatic nitrogens is 2. The minimum Gasteiger partial charge on any atom is -0.355 e. The van der Waals surface area contributed by atoms with Gasteiger partial charge in [-0.15, -0.1) is 10.2 Å². The van der Waals surface area contributed by atoms with E-state index in [4.69, 9.17) is 0 Å². The standard InChI is InChI=1S/C12H21N3OS2/c1-11(2,3)8(16)7-17-10-15-14-9(18-10)13-12(4,5)6/h7H2,1-6H3,(H,13,14). The van der Waals surface area contributed by atoms with Crippen LogP contribution in [-0.2, 0) is 4.79 Å². The molecule has 0 unspecified atom stereocenters. The van der Waals surface area contributed by atoms with Crippen molar-refractivity contribution in [1.82, 2.24) is 10.2 Å². The molecule has 0 atom stereocenters. The van der Waals surface area contributed by atoms with Gasteiger partial charge in [-0.25, -0.2) is 0 Å². The molecule has 0 aliphatic carbocycles. The normalized spacial score (nSPS) is 12.6. The Hall–Kier alpha value is -0.620. The maximum absolute atomic E-state index is 11.8. The Morgan fingerprint density at radius 2 is 1.83 bits per heavy atom. The van der Waals surface area contributed by atoms with Crippen molar-refractivity contribution in [2.45, 2.75) is 51.4 Å². The van der Waals surface area contributed by atoms with E-state index >= 15 is 0 Å². The van der Waals surface area contributed by atoms with Gasteiger partial charge in [0.1, 0.15) is 5.78 Å². The first kappa shape index (κ1) is 15.4. The molecule has 4 nitrogen and oxygen atoms in total. The highest BCUT2D eigenvalue weighted by Crippen LogP contribution is 2.29. The first-order valence-corrected chi connectivity index (χ1v) is 7.66. The predicted molar refractivity (Wildman–Crippen MR) is 78.5 cm³/mol. The molecule has 0 radical (unpaired) electrons. The summed E-state index contributed by atoms with van der Waals surface area (Å²) in [6, 6.07) is 0. The van der Waals surface area contributed by atoms with Crippen LogP contribution in [0, 0.1) is 5.41 Å². The molecule has 0 spiro atoms. The van der Waals surface area contributed by atoms with Gasteiger partial charge in [-0.3, -0.25) is 4.79 Å². The highest BCUT2D eigenvalue weighted by Gasteiger charge is 2.22. The van der Waals surface area contributed by atoms with E-state index in [-0.39, 0.29) is 16.7 Å². The fourth-order valence-electron chi connectivity index (χ4n) is 0.983. The smallest absolute Gasteiger partial charge is 0.206 e. The molecule has 0 saturated carbocycles. The lowest BCUT2D eigenvalue weighted by Crippen LogP contribution is -2.25. The van der Waals surface area contributed by atoms with Crippen LogP contribution in [0.15, 0.2) is 4.34 Å². The number of carbonyl (C=O) groups is 1. The van der Waals surface area contributed by atoms with Gasteiger partial charge in [0, 0.05) is 11.0 Å². The zero-order chi connectivity index (χ0) is 14.0. The van der Waals surface area contributed by atoms with Crippen LogP contribution in [0.25, 0.3) is 0 Å². The Bertz CT molecular complexity index is 416. The number of hydrogen-bond donors (Lipinski definition) is 1. The maximum Gasteiger partial charge on any atom is 0.206 e. The first-order valence-electron chi connectivity index (χ1n) is 5.86. The second kappa shape index (κ2) is 5.57. The van der Waals surface area contributed by atoms with Crippen LogP contribution in [0.2, 0.25) is 0 Å². The Labute approximate surface area is 117 Å². The van der Waals surface area contributed by atoms with Crippen molar-refractivity contribution < 1.29 is 4.79 Å². The molecule has 0 saturated heterocycles. The average molecular weight is 287 g/mol. The zero-order valence-corrected chi connectivity index (χ0v) is 13.5. The molecule has 6 heteroatoms. The molecule has 0 bridgehead atoms. The SMILES string of the molecule is CC(C)(C)Nc1nnc(SCC(=O)C(C)(C)C)s1. The number of Topliss-reactive ketones (excluding diaryl/α,β-unsaturated/α-hetero) is 1. The lowest BCUT2D eigenvalue weighted by Gasteiger charge is -2.18. The van der Waals surface area contributed by atoms with E-state index in [2.05, 4.69) is 36.3 Å². The number of nitrogens with one attached hydrogen (secondary N) is 1. The van der Waals surface area contributed by atoms with E-state index in [1.807, 2.05) is 20.8 Å². The Kier molecular flexibility index (Phi) is 4.78. The second-order valence-corrected chi connectivity index (χ2v) is 8.41. The van der Waals surface area contributed by atoms with Crippen LogP contribution in [0.1, 0.15) is 41.5 Å². The van der Waals surface area contributed by atoms with E-state index in [9.17, 15) is 4.79 Å². The molecule has 102 valence electrons. The molecular formula is C12H21N3OS2. The number of carbonyl (C=O) groups excluding carboxylic acids is 1. The van der Waals surface area contributed by atoms with Crippen molar-refractivity contribution in [3.05, 3.63) is 0 Å². The van der Waals surface area contributed by atoms with Gasteiger partial charge in [-0.05, 0) is 20.8 Å². The quantitative estimate of drug-likeness (QED) is 0.860. The van der Waals surface area contributed by atoms with Gasteiger partial charge >= 0.3 is 0 Å². The van der Waals surface area contributed by atoms with Crippen molar-refractivity contribution >= 4 is 34.0 Å². The third kappa shape index (κ3) is 5.35. The van der Waals surface area contributed by atoms with E-state index < -0.39 is 0 Å². The highest BCUT2D eigenvalue weighted by molar-refractivity contribution is 8.01. The number of anilines is 1. The van der Waals surface area contributed by atoms with Crippen LogP contribution in [0.4, 0.5) is 5.13 Å². The molecule has 1 aromatic heterocycles. The lowest BCUT2D eigenvalue weighted by molar-refractivity contribution is -0.123. The van der Waals surface area contributed by atoms with Crippen molar-refractivity contribution in [2.24, 2.45) is 5.41 Å². The molecule has 1 N–H and O–H groups in total. The summed E-state index contributed by atoms with van der Waals surface area (Å²) in [6.07, 6.45) is 0. The maximum atomic E-state index is 11.8. The van der Waals surface area contributed by atoms with E-state index in [1.165, 1.54) is 23.1 Å². The summed E-state index contributed by atoms with van der Waals surface area (Å²) >= 11 is 2.95. The monoisotopic (exact) mass is 287 g/mol. The number of ketones is 1. The Balaban J connectivity index is 2.53. The molecule has 0 aliphatic rings. The molecule has 0 aliphatic heterocycles. The van der Waals surface area contributed by atoms with Gasteiger partial charge < -0.3 is 5.32 Å². The van der Waals surface area contributed by atoms with Crippen LogP contribution < -0.4 is 5.32 Å². The fourth-order valence-corrected chi connectivity index (χ4v) is 3.10. The van der Waals surface area contributed by atoms with Crippen LogP contribution in [0.3, 0.4) is 0 Å². The summed E-state index contributed by atoms with van der Waals surface area (Å²) in [5, 5.41) is 12.2. The molecular weight excluding hydrogens is 266 g/mol. The van der Waals surface area contributed by atoms with Gasteiger partial charge in [-0.1, -0.05) is 43.9 Å². The molecule has 18 heavy (non-hydrogen) atoms. The van der Waals surface area contributed by atoms with Gasteiger partial charge in [-0.2, -0.15) is 0 Å². The molecule has 1 rings (SSSR count). The van der Waals surface area contributed by atoms with E-state index in [0.717, 1.165) is 9.47 Å². The second-order valence-electron chi connectivity index (χ2n) is 6.21. The molecule has 1 aromatic rings. The average Bonchev–Trinajstić information content (AvgIpc) is 2.57. The highest BCUT2D eigenvalue weighted by atomic mass is 32.2. The van der Waals surface area contributed by atoms with Gasteiger partial charge in [0.2, 0.25) is 5.13 Å². The van der Waals surface area contributed by atoms with Crippen LogP contribution >= 0.6 is 23.1 Å². The molecule has 1 heterocycles. The van der Waals surface area contributed by atoms with Crippen LogP contribution in [-0.4, -0.2) is 27.3 Å². The Morgan fingerprint density at radius 1 is 1.22 bits per heavy atom. The zero-order valence-electron chi connectivity index (χ0n) is 11.8. The summed E-state index contributed by atoms with van der Waals surface area (Å²) in [7, 11) is 0. The number of nitrogens with zero attached hydrogens (tertiary/aromatic N) is 2. The van der Waals surface area contributed by atoms with E-state index in [0.29, 0.717) is 5.75 Å². The topological polar surface area (TPSA) is 54.9 Å². The van der Waals surface area contributed by atoms with Crippen molar-refractivity contribution in [1.29, 1.82) is 0 Å². The Morgan fingerprint density at radius 3 is 2.33 bits per heavy atom. The molecule has 0 aromatic carbocycles. The van der Waals surface area contributed by atoms with Crippen molar-refractivity contribution in [3.63, 3.8) is 0 Å². The number of thioether (sulfide) groups is 1. The number of rotatable bonds is 4. The summed E-state index contributed by atoms with van der Waals surface area (Å²) in [5.74, 6) is 0.682. The summed E-state index contributed by atoms with van der Waals surface area (Å²) < 4.78 is 0.833.